The molecule has 2 heterocycles. The summed E-state index contributed by atoms with van der Waals surface area (Å²) >= 11 is 1.82. The predicted molar refractivity (Wildman–Crippen MR) is 79.9 cm³/mol. The number of ether oxygens (including phenoxy) is 1. The van der Waals surface area contributed by atoms with Gasteiger partial charge in [0.15, 0.2) is 0 Å². The van der Waals surface area contributed by atoms with Gasteiger partial charge in [0.05, 0.1) is 0 Å². The second kappa shape index (κ2) is 5.76. The van der Waals surface area contributed by atoms with Crippen molar-refractivity contribution in [3.63, 3.8) is 0 Å². The van der Waals surface area contributed by atoms with Crippen LogP contribution in [0.3, 0.4) is 0 Å². The van der Waals surface area contributed by atoms with E-state index in [2.05, 4.69) is 48.0 Å². The molecule has 1 aromatic heterocycles. The third-order valence-corrected chi connectivity index (χ3v) is 4.59. The van der Waals surface area contributed by atoms with Gasteiger partial charge in [-0.1, -0.05) is 31.2 Å². The van der Waals surface area contributed by atoms with Crippen LogP contribution in [-0.2, 0) is 6.42 Å². The van der Waals surface area contributed by atoms with E-state index in [0.717, 1.165) is 25.1 Å². The fourth-order valence-electron chi connectivity index (χ4n) is 2.58. The first kappa shape index (κ1) is 12.7. The molecule has 0 bridgehead atoms. The third-order valence-electron chi connectivity index (χ3n) is 3.60. The molecule has 2 nitrogen and oxygen atoms in total. The number of rotatable bonds is 5. The van der Waals surface area contributed by atoms with Gasteiger partial charge in [-0.3, -0.25) is 0 Å². The molecule has 1 aliphatic rings. The molecule has 0 saturated heterocycles. The van der Waals surface area contributed by atoms with Crippen molar-refractivity contribution < 1.29 is 4.74 Å². The fraction of sp³-hybridized carbons (Fsp3) is 0.375. The van der Waals surface area contributed by atoms with Gasteiger partial charge in [0.2, 0.25) is 0 Å². The van der Waals surface area contributed by atoms with Crippen molar-refractivity contribution in [3.05, 3.63) is 52.2 Å². The lowest BCUT2D eigenvalue weighted by atomic mass is 10.1. The van der Waals surface area contributed by atoms with E-state index in [1.807, 2.05) is 17.4 Å². The summed E-state index contributed by atoms with van der Waals surface area (Å²) in [5.74, 6) is 1.05. The molecule has 19 heavy (non-hydrogen) atoms. The van der Waals surface area contributed by atoms with Gasteiger partial charge in [-0.05, 0) is 29.5 Å². The Labute approximate surface area is 118 Å². The van der Waals surface area contributed by atoms with E-state index in [4.69, 9.17) is 4.74 Å². The lowest BCUT2D eigenvalue weighted by Gasteiger charge is -2.18. The van der Waals surface area contributed by atoms with Crippen LogP contribution in [0.4, 0.5) is 0 Å². The maximum Gasteiger partial charge on any atom is 0.123 e. The Morgan fingerprint density at radius 1 is 1.32 bits per heavy atom. The van der Waals surface area contributed by atoms with Crippen LogP contribution in [-0.4, -0.2) is 12.6 Å². The summed E-state index contributed by atoms with van der Waals surface area (Å²) in [5, 5.41) is 5.77. The van der Waals surface area contributed by atoms with Gasteiger partial charge in [-0.25, -0.2) is 0 Å². The smallest absolute Gasteiger partial charge is 0.123 e. The third kappa shape index (κ3) is 2.82. The zero-order valence-electron chi connectivity index (χ0n) is 11.1. The Hall–Kier alpha value is -1.32. The van der Waals surface area contributed by atoms with Gasteiger partial charge in [0.25, 0.3) is 0 Å². The first-order valence-electron chi connectivity index (χ1n) is 6.88. The normalized spacial score (nSPS) is 18.9. The summed E-state index contributed by atoms with van der Waals surface area (Å²) in [5.41, 5.74) is 1.33. The largest absolute Gasteiger partial charge is 0.488 e. The summed E-state index contributed by atoms with van der Waals surface area (Å²) in [6.07, 6.45) is 2.40. The molecular weight excluding hydrogens is 254 g/mol. The molecule has 1 aromatic carbocycles. The molecule has 0 radical (unpaired) electrons. The molecule has 2 unspecified atom stereocenters. The molecule has 3 heteroatoms. The highest BCUT2D eigenvalue weighted by Crippen LogP contribution is 2.28. The lowest BCUT2D eigenvalue weighted by Crippen LogP contribution is -2.32. The Balaban J connectivity index is 1.56. The van der Waals surface area contributed by atoms with Crippen molar-refractivity contribution in [1.29, 1.82) is 0 Å². The number of nitrogens with one attached hydrogen (secondary N) is 1. The Kier molecular flexibility index (Phi) is 3.85. The lowest BCUT2D eigenvalue weighted by molar-refractivity contribution is 0.221. The molecule has 2 aromatic rings. The first-order chi connectivity index (χ1) is 9.36. The maximum atomic E-state index is 5.96. The zero-order chi connectivity index (χ0) is 13.1. The summed E-state index contributed by atoms with van der Waals surface area (Å²) in [6, 6.07) is 13.1. The van der Waals surface area contributed by atoms with E-state index >= 15 is 0 Å². The molecule has 0 saturated carbocycles. The summed E-state index contributed by atoms with van der Waals surface area (Å²) in [6.45, 7) is 3.13. The highest BCUT2D eigenvalue weighted by atomic mass is 32.1. The number of hydrogen-bond donors (Lipinski definition) is 1. The van der Waals surface area contributed by atoms with Crippen molar-refractivity contribution in [3.8, 4) is 5.75 Å². The number of fused-ring (bicyclic) bond motifs is 1. The van der Waals surface area contributed by atoms with Crippen molar-refractivity contribution >= 4 is 11.3 Å². The van der Waals surface area contributed by atoms with E-state index in [9.17, 15) is 0 Å². The standard InChI is InChI=1S/C16H19NOS/c1-2-14(16-8-5-9-19-16)17-11-13-10-12-6-3-4-7-15(12)18-13/h3-9,13-14,17H,2,10-11H2,1H3. The fourth-order valence-corrected chi connectivity index (χ4v) is 3.46. The maximum absolute atomic E-state index is 5.96. The molecule has 0 aliphatic carbocycles. The van der Waals surface area contributed by atoms with Gasteiger partial charge >= 0.3 is 0 Å². The van der Waals surface area contributed by atoms with Crippen LogP contribution in [0.1, 0.15) is 29.8 Å². The van der Waals surface area contributed by atoms with Crippen LogP contribution >= 0.6 is 11.3 Å². The first-order valence-corrected chi connectivity index (χ1v) is 7.76. The van der Waals surface area contributed by atoms with Gasteiger partial charge in [-0.2, -0.15) is 0 Å². The van der Waals surface area contributed by atoms with E-state index in [1.54, 1.807) is 0 Å². The average Bonchev–Trinajstić information content (AvgIpc) is 3.08. The zero-order valence-corrected chi connectivity index (χ0v) is 12.0. The van der Waals surface area contributed by atoms with E-state index < -0.39 is 0 Å². The predicted octanol–water partition coefficient (Wildman–Crippen LogP) is 3.79. The number of thiophene rings is 1. The SMILES string of the molecule is CCC(NCC1Cc2ccccc2O1)c1cccs1. The van der Waals surface area contributed by atoms with Crippen LogP contribution in [0.5, 0.6) is 5.75 Å². The van der Waals surface area contributed by atoms with Crippen LogP contribution in [0.2, 0.25) is 0 Å². The number of benzene rings is 1. The quantitative estimate of drug-likeness (QED) is 0.895. The van der Waals surface area contributed by atoms with Gasteiger partial charge in [-0.15, -0.1) is 11.3 Å². The molecule has 100 valence electrons. The number of para-hydroxylation sites is 1. The van der Waals surface area contributed by atoms with Crippen molar-refractivity contribution in [2.45, 2.75) is 31.9 Å². The highest BCUT2D eigenvalue weighted by Gasteiger charge is 2.23. The molecular formula is C16H19NOS. The molecule has 1 aliphatic heterocycles. The van der Waals surface area contributed by atoms with Crippen molar-refractivity contribution in [1.82, 2.24) is 5.32 Å². The Bertz CT molecular complexity index is 498. The topological polar surface area (TPSA) is 21.3 Å². The molecule has 0 fully saturated rings. The highest BCUT2D eigenvalue weighted by molar-refractivity contribution is 7.10. The van der Waals surface area contributed by atoms with Gasteiger partial charge < -0.3 is 10.1 Å². The summed E-state index contributed by atoms with van der Waals surface area (Å²) < 4.78 is 5.96. The van der Waals surface area contributed by atoms with E-state index in [1.165, 1.54) is 10.4 Å². The molecule has 2 atom stereocenters. The molecule has 1 N–H and O–H groups in total. The van der Waals surface area contributed by atoms with Crippen LogP contribution in [0.25, 0.3) is 0 Å². The van der Waals surface area contributed by atoms with Crippen LogP contribution in [0, 0.1) is 0 Å². The number of hydrogen-bond acceptors (Lipinski definition) is 3. The monoisotopic (exact) mass is 273 g/mol. The van der Waals surface area contributed by atoms with Crippen molar-refractivity contribution in [2.75, 3.05) is 6.54 Å². The van der Waals surface area contributed by atoms with Gasteiger partial charge in [0, 0.05) is 23.9 Å². The second-order valence-corrected chi connectivity index (χ2v) is 5.92. The molecule has 3 rings (SSSR count). The van der Waals surface area contributed by atoms with E-state index in [0.29, 0.717) is 6.04 Å². The average molecular weight is 273 g/mol. The molecule has 0 spiro atoms. The van der Waals surface area contributed by atoms with Crippen LogP contribution < -0.4 is 10.1 Å². The van der Waals surface area contributed by atoms with Crippen LogP contribution in [0.15, 0.2) is 41.8 Å². The summed E-state index contributed by atoms with van der Waals surface area (Å²) in [4.78, 5) is 1.41. The minimum Gasteiger partial charge on any atom is -0.488 e. The summed E-state index contributed by atoms with van der Waals surface area (Å²) in [7, 11) is 0. The minimum absolute atomic E-state index is 0.270. The van der Waals surface area contributed by atoms with Crippen molar-refractivity contribution in [2.24, 2.45) is 0 Å². The Morgan fingerprint density at radius 2 is 2.21 bits per heavy atom. The molecule has 0 amide bonds. The Morgan fingerprint density at radius 3 is 2.95 bits per heavy atom. The minimum atomic E-state index is 0.270. The van der Waals surface area contributed by atoms with E-state index in [-0.39, 0.29) is 6.10 Å². The second-order valence-electron chi connectivity index (χ2n) is 4.94. The van der Waals surface area contributed by atoms with Gasteiger partial charge in [0.1, 0.15) is 11.9 Å².